The van der Waals surface area contributed by atoms with Crippen molar-refractivity contribution in [1.82, 2.24) is 15.3 Å². The Kier molecular flexibility index (Phi) is 4.74. The number of nitrogens with zero attached hydrogens (tertiary/aromatic N) is 1. The number of H-pyrrole nitrogens is 1. The molecule has 2 rings (SSSR count). The van der Waals surface area contributed by atoms with Gasteiger partial charge in [-0.1, -0.05) is 6.92 Å². The summed E-state index contributed by atoms with van der Waals surface area (Å²) in [6, 6.07) is 0.349. The lowest BCUT2D eigenvalue weighted by atomic mass is 10.2. The van der Waals surface area contributed by atoms with E-state index in [-0.39, 0.29) is 5.56 Å². The lowest BCUT2D eigenvalue weighted by Gasteiger charge is -2.10. The number of hydrogen-bond donors (Lipinski definition) is 2. The van der Waals surface area contributed by atoms with Crippen molar-refractivity contribution in [2.24, 2.45) is 0 Å². The highest BCUT2D eigenvalue weighted by atomic mass is 32.1. The third kappa shape index (κ3) is 3.14. The first-order valence-electron chi connectivity index (χ1n) is 6.81. The number of esters is 1. The summed E-state index contributed by atoms with van der Waals surface area (Å²) < 4.78 is 4.73. The van der Waals surface area contributed by atoms with Crippen molar-refractivity contribution in [3.63, 3.8) is 0 Å². The molecule has 0 amide bonds. The van der Waals surface area contributed by atoms with Gasteiger partial charge in [0.15, 0.2) is 0 Å². The fraction of sp³-hybridized carbons (Fsp3) is 0.500. The molecule has 1 atom stereocenters. The van der Waals surface area contributed by atoms with E-state index in [2.05, 4.69) is 29.1 Å². The van der Waals surface area contributed by atoms with Crippen molar-refractivity contribution in [1.29, 1.82) is 0 Å². The second-order valence-corrected chi connectivity index (χ2v) is 5.93. The number of aromatic amines is 1. The molecule has 2 aromatic heterocycles. The smallest absolute Gasteiger partial charge is 0.348 e. The summed E-state index contributed by atoms with van der Waals surface area (Å²) in [5, 5.41) is 3.74. The maximum Gasteiger partial charge on any atom is 0.348 e. The average molecular weight is 309 g/mol. The molecule has 2 heterocycles. The van der Waals surface area contributed by atoms with Crippen LogP contribution in [0.2, 0.25) is 0 Å². The van der Waals surface area contributed by atoms with Gasteiger partial charge < -0.3 is 15.0 Å². The second kappa shape index (κ2) is 6.36. The third-order valence-corrected chi connectivity index (χ3v) is 4.62. The number of ether oxygens (including phenoxy) is 1. The molecular formula is C14H19N3O3S. The van der Waals surface area contributed by atoms with Crippen LogP contribution < -0.4 is 10.9 Å². The lowest BCUT2D eigenvalue weighted by molar-refractivity contribution is 0.0605. The number of thiophene rings is 1. The number of carbonyl (C=O) groups excluding carboxylic acids is 1. The van der Waals surface area contributed by atoms with Crippen molar-refractivity contribution in [3.05, 3.63) is 26.6 Å². The summed E-state index contributed by atoms with van der Waals surface area (Å²) in [4.78, 5) is 32.1. The van der Waals surface area contributed by atoms with Gasteiger partial charge in [0.1, 0.15) is 15.5 Å². The minimum Gasteiger partial charge on any atom is -0.465 e. The second-order valence-electron chi connectivity index (χ2n) is 4.93. The minimum absolute atomic E-state index is 0.218. The molecule has 0 bridgehead atoms. The Morgan fingerprint density at radius 2 is 2.24 bits per heavy atom. The van der Waals surface area contributed by atoms with Crippen molar-refractivity contribution >= 4 is 27.5 Å². The Balaban J connectivity index is 2.42. The maximum absolute atomic E-state index is 12.2. The van der Waals surface area contributed by atoms with Crippen LogP contribution in [0.3, 0.4) is 0 Å². The van der Waals surface area contributed by atoms with Crippen LogP contribution in [0.25, 0.3) is 10.2 Å². The van der Waals surface area contributed by atoms with E-state index in [1.54, 1.807) is 6.92 Å². The van der Waals surface area contributed by atoms with Crippen molar-refractivity contribution in [2.75, 3.05) is 7.11 Å². The monoisotopic (exact) mass is 309 g/mol. The van der Waals surface area contributed by atoms with E-state index in [0.29, 0.717) is 39.1 Å². The summed E-state index contributed by atoms with van der Waals surface area (Å²) in [7, 11) is 1.32. The van der Waals surface area contributed by atoms with Gasteiger partial charge in [-0.15, -0.1) is 11.3 Å². The Labute approximate surface area is 126 Å². The molecule has 0 aliphatic heterocycles. The Bertz CT molecular complexity index is 720. The fourth-order valence-electron chi connectivity index (χ4n) is 1.97. The number of aryl methyl sites for hydroxylation is 1. The molecule has 21 heavy (non-hydrogen) atoms. The molecule has 7 heteroatoms. The van der Waals surface area contributed by atoms with Gasteiger partial charge in [-0.05, 0) is 25.8 Å². The molecule has 0 saturated carbocycles. The van der Waals surface area contributed by atoms with Crippen LogP contribution in [0, 0.1) is 6.92 Å². The first kappa shape index (κ1) is 15.7. The zero-order valence-corrected chi connectivity index (χ0v) is 13.4. The fourth-order valence-corrected chi connectivity index (χ4v) is 3.09. The van der Waals surface area contributed by atoms with Gasteiger partial charge in [0.05, 0.1) is 19.0 Å². The van der Waals surface area contributed by atoms with Crippen LogP contribution in [0.5, 0.6) is 0 Å². The first-order valence-corrected chi connectivity index (χ1v) is 7.63. The summed E-state index contributed by atoms with van der Waals surface area (Å²) >= 11 is 1.19. The SMILES string of the molecule is CC[C@@H](C)NCc1nc2sc(C(=O)OC)c(C)c2c(=O)[nH]1. The van der Waals surface area contributed by atoms with E-state index in [0.717, 1.165) is 6.42 Å². The Morgan fingerprint density at radius 3 is 2.86 bits per heavy atom. The number of aromatic nitrogens is 2. The van der Waals surface area contributed by atoms with Crippen LogP contribution >= 0.6 is 11.3 Å². The predicted molar refractivity (Wildman–Crippen MR) is 82.9 cm³/mol. The Morgan fingerprint density at radius 1 is 1.52 bits per heavy atom. The number of hydrogen-bond acceptors (Lipinski definition) is 6. The van der Waals surface area contributed by atoms with Gasteiger partial charge in [0.2, 0.25) is 0 Å². The molecule has 0 aliphatic rings. The number of rotatable bonds is 5. The topological polar surface area (TPSA) is 84.1 Å². The molecule has 0 radical (unpaired) electrons. The molecule has 0 aromatic carbocycles. The predicted octanol–water partition coefficient (Wildman–Crippen LogP) is 1.97. The molecule has 0 saturated heterocycles. The van der Waals surface area contributed by atoms with Gasteiger partial charge in [0.25, 0.3) is 5.56 Å². The zero-order valence-electron chi connectivity index (χ0n) is 12.6. The molecule has 2 N–H and O–H groups in total. The molecule has 0 aliphatic carbocycles. The lowest BCUT2D eigenvalue weighted by Crippen LogP contribution is -2.26. The van der Waals surface area contributed by atoms with E-state index >= 15 is 0 Å². The van der Waals surface area contributed by atoms with Gasteiger partial charge in [-0.2, -0.15) is 0 Å². The molecule has 0 fully saturated rings. The third-order valence-electron chi connectivity index (χ3n) is 3.45. The van der Waals surface area contributed by atoms with E-state index in [1.165, 1.54) is 18.4 Å². The minimum atomic E-state index is -0.436. The van der Waals surface area contributed by atoms with Crippen LogP contribution in [0.4, 0.5) is 0 Å². The van der Waals surface area contributed by atoms with Gasteiger partial charge in [-0.25, -0.2) is 9.78 Å². The quantitative estimate of drug-likeness (QED) is 0.825. The highest BCUT2D eigenvalue weighted by molar-refractivity contribution is 7.20. The van der Waals surface area contributed by atoms with Crippen LogP contribution in [0.15, 0.2) is 4.79 Å². The first-order chi connectivity index (χ1) is 9.97. The number of nitrogens with one attached hydrogen (secondary N) is 2. The highest BCUT2D eigenvalue weighted by Gasteiger charge is 2.19. The van der Waals surface area contributed by atoms with E-state index in [4.69, 9.17) is 4.74 Å². The zero-order chi connectivity index (χ0) is 15.6. The normalized spacial score (nSPS) is 12.6. The van der Waals surface area contributed by atoms with Crippen LogP contribution in [-0.2, 0) is 11.3 Å². The maximum atomic E-state index is 12.2. The molecule has 114 valence electrons. The van der Waals surface area contributed by atoms with E-state index < -0.39 is 5.97 Å². The number of methoxy groups -OCH3 is 1. The van der Waals surface area contributed by atoms with Crippen molar-refractivity contribution in [3.8, 4) is 0 Å². The van der Waals surface area contributed by atoms with E-state index in [1.807, 2.05) is 0 Å². The number of fused-ring (bicyclic) bond motifs is 1. The molecule has 0 spiro atoms. The number of carbonyl (C=O) groups is 1. The largest absolute Gasteiger partial charge is 0.465 e. The highest BCUT2D eigenvalue weighted by Crippen LogP contribution is 2.27. The summed E-state index contributed by atoms with van der Waals surface area (Å²) in [5.41, 5.74) is 0.405. The summed E-state index contributed by atoms with van der Waals surface area (Å²) in [5.74, 6) is 0.139. The van der Waals surface area contributed by atoms with Crippen LogP contribution in [0.1, 0.15) is 41.3 Å². The molecule has 0 unspecified atom stereocenters. The molecular weight excluding hydrogens is 290 g/mol. The van der Waals surface area contributed by atoms with Crippen molar-refractivity contribution < 1.29 is 9.53 Å². The molecule has 6 nitrogen and oxygen atoms in total. The van der Waals surface area contributed by atoms with Gasteiger partial charge in [0, 0.05) is 6.04 Å². The van der Waals surface area contributed by atoms with Crippen molar-refractivity contribution in [2.45, 2.75) is 39.8 Å². The summed E-state index contributed by atoms with van der Waals surface area (Å²) in [6.45, 7) is 6.38. The standard InChI is InChI=1S/C14H19N3O3S/c1-5-7(2)15-6-9-16-12(18)10-8(3)11(14(19)20-4)21-13(10)17-9/h7,15H,5-6H2,1-4H3,(H,16,17,18)/t7-/m1/s1. The Hall–Kier alpha value is -1.73. The summed E-state index contributed by atoms with van der Waals surface area (Å²) in [6.07, 6.45) is 0.997. The van der Waals surface area contributed by atoms with Gasteiger partial charge in [-0.3, -0.25) is 4.79 Å². The van der Waals surface area contributed by atoms with Crippen LogP contribution in [-0.4, -0.2) is 29.1 Å². The van der Waals surface area contributed by atoms with E-state index in [9.17, 15) is 9.59 Å². The van der Waals surface area contributed by atoms with Gasteiger partial charge >= 0.3 is 5.97 Å². The molecule has 2 aromatic rings. The average Bonchev–Trinajstić information content (AvgIpc) is 2.81.